The van der Waals surface area contributed by atoms with Gasteiger partial charge in [-0.3, -0.25) is 4.79 Å². The van der Waals surface area contributed by atoms with Gasteiger partial charge in [0.1, 0.15) is 5.75 Å². The summed E-state index contributed by atoms with van der Waals surface area (Å²) in [4.78, 5) is 14.0. The molecular formula is C13H18N2O2. The van der Waals surface area contributed by atoms with Crippen LogP contribution in [0.5, 0.6) is 5.75 Å². The van der Waals surface area contributed by atoms with Crippen LogP contribution in [0.25, 0.3) is 0 Å². The zero-order valence-electron chi connectivity index (χ0n) is 10.2. The summed E-state index contributed by atoms with van der Waals surface area (Å²) in [6.45, 7) is 6.03. The number of phenolic OH excluding ortho intramolecular Hbond substituents is 1. The topological polar surface area (TPSA) is 52.6 Å². The van der Waals surface area contributed by atoms with Crippen LogP contribution in [-0.2, 0) is 0 Å². The average Bonchev–Trinajstić information content (AvgIpc) is 2.32. The zero-order valence-corrected chi connectivity index (χ0v) is 10.2. The molecule has 1 unspecified atom stereocenters. The number of nitrogens with zero attached hydrogens (tertiary/aromatic N) is 1. The lowest BCUT2D eigenvalue weighted by molar-refractivity contribution is 0.0706. The molecule has 1 aromatic rings. The number of hydrogen-bond donors (Lipinski definition) is 2. The molecule has 0 aromatic heterocycles. The van der Waals surface area contributed by atoms with E-state index in [2.05, 4.69) is 12.2 Å². The minimum absolute atomic E-state index is 0.0837. The van der Waals surface area contributed by atoms with E-state index in [1.54, 1.807) is 30.0 Å². The van der Waals surface area contributed by atoms with Crippen LogP contribution in [0.15, 0.2) is 18.2 Å². The van der Waals surface area contributed by atoms with E-state index in [4.69, 9.17) is 0 Å². The molecule has 1 aromatic carbocycles. The summed E-state index contributed by atoms with van der Waals surface area (Å²) in [5.74, 6) is 0.0169. The van der Waals surface area contributed by atoms with E-state index in [0.29, 0.717) is 24.7 Å². The first-order chi connectivity index (χ1) is 8.09. The highest BCUT2D eigenvalue weighted by molar-refractivity contribution is 5.97. The molecule has 1 atom stereocenters. The average molecular weight is 234 g/mol. The number of nitrogens with one attached hydrogen (secondary N) is 1. The second-order valence-corrected chi connectivity index (χ2v) is 4.58. The maximum atomic E-state index is 12.3. The lowest BCUT2D eigenvalue weighted by Gasteiger charge is -2.32. The Morgan fingerprint density at radius 3 is 3.00 bits per heavy atom. The lowest BCUT2D eigenvalue weighted by Crippen LogP contribution is -2.51. The van der Waals surface area contributed by atoms with Crippen LogP contribution in [0.2, 0.25) is 0 Å². The molecule has 1 saturated heterocycles. The summed E-state index contributed by atoms with van der Waals surface area (Å²) in [6.07, 6.45) is 0. The third-order valence-corrected chi connectivity index (χ3v) is 3.12. The van der Waals surface area contributed by atoms with Gasteiger partial charge in [-0.15, -0.1) is 0 Å². The molecule has 17 heavy (non-hydrogen) atoms. The van der Waals surface area contributed by atoms with Crippen molar-refractivity contribution in [2.24, 2.45) is 0 Å². The van der Waals surface area contributed by atoms with Gasteiger partial charge < -0.3 is 15.3 Å². The maximum absolute atomic E-state index is 12.3. The number of carbonyl (C=O) groups excluding carboxylic acids is 1. The Kier molecular flexibility index (Phi) is 3.33. The zero-order chi connectivity index (χ0) is 12.4. The fraction of sp³-hybridized carbons (Fsp3) is 0.462. The second-order valence-electron chi connectivity index (χ2n) is 4.58. The first kappa shape index (κ1) is 11.9. The standard InChI is InChI=1S/C13H18N2O2/c1-9-4-3-5-11(12(9)16)13(17)15-7-6-14-10(2)8-15/h3-5,10,14,16H,6-8H2,1-2H3. The number of aromatic hydroxyl groups is 1. The highest BCUT2D eigenvalue weighted by Crippen LogP contribution is 2.23. The maximum Gasteiger partial charge on any atom is 0.257 e. The fourth-order valence-corrected chi connectivity index (χ4v) is 2.12. The molecule has 2 N–H and O–H groups in total. The van der Waals surface area contributed by atoms with Crippen molar-refractivity contribution in [3.63, 3.8) is 0 Å². The van der Waals surface area contributed by atoms with Gasteiger partial charge in [0.25, 0.3) is 5.91 Å². The first-order valence-electron chi connectivity index (χ1n) is 5.91. The Morgan fingerprint density at radius 2 is 2.29 bits per heavy atom. The van der Waals surface area contributed by atoms with Crippen LogP contribution in [0.4, 0.5) is 0 Å². The van der Waals surface area contributed by atoms with Crippen molar-refractivity contribution in [1.29, 1.82) is 0 Å². The van der Waals surface area contributed by atoms with E-state index in [9.17, 15) is 9.90 Å². The second kappa shape index (κ2) is 4.75. The monoisotopic (exact) mass is 234 g/mol. The number of phenols is 1. The van der Waals surface area contributed by atoms with Gasteiger partial charge in [0.15, 0.2) is 0 Å². The molecule has 0 radical (unpaired) electrons. The van der Waals surface area contributed by atoms with Crippen molar-refractivity contribution in [2.75, 3.05) is 19.6 Å². The Balaban J connectivity index is 2.22. The third-order valence-electron chi connectivity index (χ3n) is 3.12. The van der Waals surface area contributed by atoms with Crippen molar-refractivity contribution in [3.8, 4) is 5.75 Å². The molecule has 1 amide bonds. The van der Waals surface area contributed by atoms with Crippen LogP contribution in [0.3, 0.4) is 0 Å². The van der Waals surface area contributed by atoms with E-state index in [0.717, 1.165) is 12.1 Å². The number of rotatable bonds is 1. The van der Waals surface area contributed by atoms with Gasteiger partial charge in [0, 0.05) is 25.7 Å². The van der Waals surface area contributed by atoms with Crippen molar-refractivity contribution < 1.29 is 9.90 Å². The van der Waals surface area contributed by atoms with Gasteiger partial charge in [-0.05, 0) is 25.5 Å². The number of carbonyl (C=O) groups is 1. The number of amides is 1. The van der Waals surface area contributed by atoms with E-state index in [1.807, 2.05) is 0 Å². The molecule has 0 bridgehead atoms. The fourth-order valence-electron chi connectivity index (χ4n) is 2.12. The minimum atomic E-state index is -0.0837. The molecule has 2 rings (SSSR count). The smallest absolute Gasteiger partial charge is 0.257 e. The Labute approximate surface area is 101 Å². The van der Waals surface area contributed by atoms with Gasteiger partial charge in [-0.1, -0.05) is 12.1 Å². The summed E-state index contributed by atoms with van der Waals surface area (Å²) < 4.78 is 0. The SMILES string of the molecule is Cc1cccc(C(=O)N2CCNC(C)C2)c1O. The number of piperazine rings is 1. The molecule has 0 spiro atoms. The number of benzene rings is 1. The molecule has 1 fully saturated rings. The van der Waals surface area contributed by atoms with Gasteiger partial charge >= 0.3 is 0 Å². The van der Waals surface area contributed by atoms with Gasteiger partial charge in [-0.2, -0.15) is 0 Å². The van der Waals surface area contributed by atoms with Crippen LogP contribution >= 0.6 is 0 Å². The first-order valence-corrected chi connectivity index (χ1v) is 5.91. The summed E-state index contributed by atoms with van der Waals surface area (Å²) in [6, 6.07) is 5.58. The van der Waals surface area contributed by atoms with Crippen molar-refractivity contribution in [3.05, 3.63) is 29.3 Å². The molecule has 1 aliphatic heterocycles. The summed E-state index contributed by atoms with van der Waals surface area (Å²) in [5, 5.41) is 13.2. The highest BCUT2D eigenvalue weighted by atomic mass is 16.3. The third kappa shape index (κ3) is 2.42. The number of aryl methyl sites for hydroxylation is 1. The van der Waals surface area contributed by atoms with E-state index >= 15 is 0 Å². The Hall–Kier alpha value is -1.55. The van der Waals surface area contributed by atoms with Crippen molar-refractivity contribution >= 4 is 5.91 Å². The van der Waals surface area contributed by atoms with E-state index in [-0.39, 0.29) is 11.7 Å². The number of para-hydroxylation sites is 1. The Bertz CT molecular complexity index is 431. The predicted molar refractivity (Wildman–Crippen MR) is 66.2 cm³/mol. The van der Waals surface area contributed by atoms with Gasteiger partial charge in [0.2, 0.25) is 0 Å². The molecule has 1 heterocycles. The highest BCUT2D eigenvalue weighted by Gasteiger charge is 2.23. The largest absolute Gasteiger partial charge is 0.507 e. The minimum Gasteiger partial charge on any atom is -0.507 e. The quantitative estimate of drug-likeness (QED) is 0.766. The normalized spacial score (nSPS) is 20.4. The number of hydrogen-bond acceptors (Lipinski definition) is 3. The van der Waals surface area contributed by atoms with Gasteiger partial charge in [0.05, 0.1) is 5.56 Å². The predicted octanol–water partition coefficient (Wildman–Crippen LogP) is 1.13. The van der Waals surface area contributed by atoms with E-state index in [1.165, 1.54) is 0 Å². The summed E-state index contributed by atoms with van der Waals surface area (Å²) in [5.41, 5.74) is 1.14. The Morgan fingerprint density at radius 1 is 1.53 bits per heavy atom. The van der Waals surface area contributed by atoms with Crippen LogP contribution in [0, 0.1) is 6.92 Å². The molecular weight excluding hydrogens is 216 g/mol. The van der Waals surface area contributed by atoms with Crippen molar-refractivity contribution in [2.45, 2.75) is 19.9 Å². The van der Waals surface area contributed by atoms with Crippen molar-refractivity contribution in [1.82, 2.24) is 10.2 Å². The van der Waals surface area contributed by atoms with Crippen LogP contribution in [-0.4, -0.2) is 41.6 Å². The molecule has 4 heteroatoms. The molecule has 0 saturated carbocycles. The summed E-state index contributed by atoms with van der Waals surface area (Å²) in [7, 11) is 0. The van der Waals surface area contributed by atoms with Gasteiger partial charge in [-0.25, -0.2) is 0 Å². The van der Waals surface area contributed by atoms with E-state index < -0.39 is 0 Å². The van der Waals surface area contributed by atoms with Crippen LogP contribution in [0.1, 0.15) is 22.8 Å². The van der Waals surface area contributed by atoms with Crippen LogP contribution < -0.4 is 5.32 Å². The molecule has 0 aliphatic carbocycles. The molecule has 92 valence electrons. The molecule has 4 nitrogen and oxygen atoms in total. The summed E-state index contributed by atoms with van der Waals surface area (Å²) >= 11 is 0. The lowest BCUT2D eigenvalue weighted by atomic mass is 10.1. The molecule has 1 aliphatic rings.